The van der Waals surface area contributed by atoms with Crippen LogP contribution >= 0.6 is 0 Å². The maximum Gasteiger partial charge on any atom is 0.337 e. The summed E-state index contributed by atoms with van der Waals surface area (Å²) >= 11 is 0. The van der Waals surface area contributed by atoms with E-state index in [-0.39, 0.29) is 6.54 Å². The van der Waals surface area contributed by atoms with Crippen LogP contribution in [0, 0.1) is 18.8 Å². The van der Waals surface area contributed by atoms with Crippen molar-refractivity contribution in [1.29, 1.82) is 0 Å². The molecular weight excluding hydrogens is 218 g/mol. The van der Waals surface area contributed by atoms with E-state index in [1.165, 1.54) is 7.11 Å². The van der Waals surface area contributed by atoms with E-state index in [1.54, 1.807) is 18.2 Å². The third-order valence-electron chi connectivity index (χ3n) is 2.09. The van der Waals surface area contributed by atoms with Gasteiger partial charge < -0.3 is 4.74 Å². The number of ether oxygens (including phenoxy) is 1. The largest absolute Gasteiger partial charge is 0.465 e. The van der Waals surface area contributed by atoms with E-state index in [2.05, 4.69) is 26.6 Å². The summed E-state index contributed by atoms with van der Waals surface area (Å²) in [6.45, 7) is 2.00. The molecule has 0 heterocycles. The number of esters is 1. The fourth-order valence-electron chi connectivity index (χ4n) is 1.20. The van der Waals surface area contributed by atoms with Crippen LogP contribution in [0.4, 0.5) is 0 Å². The van der Waals surface area contributed by atoms with Crippen molar-refractivity contribution in [3.8, 4) is 11.8 Å². The minimum Gasteiger partial charge on any atom is -0.465 e. The van der Waals surface area contributed by atoms with Crippen LogP contribution in [-0.4, -0.2) is 19.6 Å². The Labute approximate surface area is 99.0 Å². The molecule has 1 rings (SSSR count). The number of benzene rings is 1. The number of rotatable bonds is 2. The van der Waals surface area contributed by atoms with Crippen molar-refractivity contribution in [2.24, 2.45) is 5.11 Å². The van der Waals surface area contributed by atoms with Gasteiger partial charge in [0, 0.05) is 10.5 Å². The van der Waals surface area contributed by atoms with Crippen molar-refractivity contribution in [2.45, 2.75) is 6.92 Å². The van der Waals surface area contributed by atoms with Crippen molar-refractivity contribution in [2.75, 3.05) is 13.7 Å². The summed E-state index contributed by atoms with van der Waals surface area (Å²) in [7, 11) is 1.33. The van der Waals surface area contributed by atoms with Crippen molar-refractivity contribution in [3.63, 3.8) is 0 Å². The summed E-state index contributed by atoms with van der Waals surface area (Å²) in [5.41, 5.74) is 10.2. The van der Waals surface area contributed by atoms with Crippen molar-refractivity contribution in [3.05, 3.63) is 45.3 Å². The third kappa shape index (κ3) is 3.56. The lowest BCUT2D eigenvalue weighted by Gasteiger charge is -2.02. The molecule has 0 atom stereocenters. The van der Waals surface area contributed by atoms with Gasteiger partial charge >= 0.3 is 5.97 Å². The molecule has 0 aromatic heterocycles. The van der Waals surface area contributed by atoms with E-state index in [1.807, 2.05) is 6.92 Å². The molecule has 0 N–H and O–H groups in total. The van der Waals surface area contributed by atoms with Gasteiger partial charge in [0.25, 0.3) is 0 Å². The van der Waals surface area contributed by atoms with E-state index >= 15 is 0 Å². The Hall–Kier alpha value is -2.44. The average Bonchev–Trinajstić information content (AvgIpc) is 2.35. The van der Waals surface area contributed by atoms with Gasteiger partial charge in [-0.25, -0.2) is 4.79 Å². The zero-order chi connectivity index (χ0) is 12.7. The fourth-order valence-corrected chi connectivity index (χ4v) is 1.20. The van der Waals surface area contributed by atoms with Crippen LogP contribution in [0.5, 0.6) is 0 Å². The first-order valence-electron chi connectivity index (χ1n) is 4.87. The minimum absolute atomic E-state index is 0.110. The Morgan fingerprint density at radius 3 is 3.00 bits per heavy atom. The number of carbonyl (C=O) groups excluding carboxylic acids is 1. The topological polar surface area (TPSA) is 75.1 Å². The molecule has 86 valence electrons. The van der Waals surface area contributed by atoms with Crippen LogP contribution in [0.3, 0.4) is 0 Å². The number of aryl methyl sites for hydroxylation is 1. The molecular formula is C12H11N3O2. The lowest BCUT2D eigenvalue weighted by molar-refractivity contribution is 0.0600. The number of carbonyl (C=O) groups is 1. The summed E-state index contributed by atoms with van der Waals surface area (Å²) in [5.74, 6) is 5.15. The zero-order valence-electron chi connectivity index (χ0n) is 9.60. The summed E-state index contributed by atoms with van der Waals surface area (Å²) < 4.78 is 4.62. The van der Waals surface area contributed by atoms with Gasteiger partial charge in [-0.2, -0.15) is 0 Å². The number of nitrogens with zero attached hydrogens (tertiary/aromatic N) is 3. The van der Waals surface area contributed by atoms with Crippen molar-refractivity contribution in [1.82, 2.24) is 0 Å². The lowest BCUT2D eigenvalue weighted by Crippen LogP contribution is -2.01. The van der Waals surface area contributed by atoms with Crippen LogP contribution in [-0.2, 0) is 4.74 Å². The smallest absolute Gasteiger partial charge is 0.337 e. The highest BCUT2D eigenvalue weighted by Gasteiger charge is 2.06. The monoisotopic (exact) mass is 229 g/mol. The standard InChI is InChI=1S/C12H11N3O2/c1-9-5-6-11(12(16)17-2)8-10(9)4-3-7-14-15-13/h5-6,8H,7H2,1-2H3. The number of hydrogen-bond donors (Lipinski definition) is 0. The summed E-state index contributed by atoms with van der Waals surface area (Å²) in [5, 5.41) is 3.31. The Morgan fingerprint density at radius 1 is 1.59 bits per heavy atom. The van der Waals surface area contributed by atoms with Gasteiger partial charge in [-0.15, -0.1) is 0 Å². The molecule has 0 saturated carbocycles. The number of hydrogen-bond acceptors (Lipinski definition) is 3. The molecule has 5 heteroatoms. The fraction of sp³-hybridized carbons (Fsp3) is 0.250. The Kier molecular flexibility index (Phi) is 4.61. The maximum absolute atomic E-state index is 11.3. The molecule has 0 aliphatic rings. The maximum atomic E-state index is 11.3. The summed E-state index contributed by atoms with van der Waals surface area (Å²) in [6, 6.07) is 5.13. The van der Waals surface area contributed by atoms with E-state index in [0.29, 0.717) is 5.56 Å². The van der Waals surface area contributed by atoms with Gasteiger partial charge in [0.05, 0.1) is 19.2 Å². The van der Waals surface area contributed by atoms with Crippen LogP contribution in [0.25, 0.3) is 10.4 Å². The SMILES string of the molecule is COC(=O)c1ccc(C)c(C#CCN=[N+]=[N-])c1. The number of azide groups is 1. The molecule has 0 radical (unpaired) electrons. The summed E-state index contributed by atoms with van der Waals surface area (Å²) in [6.07, 6.45) is 0. The molecule has 0 bridgehead atoms. The van der Waals surface area contributed by atoms with Gasteiger partial charge in [-0.05, 0) is 30.2 Å². The minimum atomic E-state index is -0.400. The molecule has 5 nitrogen and oxygen atoms in total. The van der Waals surface area contributed by atoms with Crippen LogP contribution in [0.15, 0.2) is 23.3 Å². The average molecular weight is 229 g/mol. The van der Waals surface area contributed by atoms with Crippen molar-refractivity contribution < 1.29 is 9.53 Å². The van der Waals surface area contributed by atoms with E-state index in [0.717, 1.165) is 11.1 Å². The molecule has 0 fully saturated rings. The molecule has 0 spiro atoms. The van der Waals surface area contributed by atoms with Gasteiger partial charge in [0.2, 0.25) is 0 Å². The van der Waals surface area contributed by atoms with Crippen molar-refractivity contribution >= 4 is 5.97 Å². The highest BCUT2D eigenvalue weighted by atomic mass is 16.5. The normalized spacial score (nSPS) is 8.59. The Morgan fingerprint density at radius 2 is 2.35 bits per heavy atom. The first kappa shape index (κ1) is 12.6. The van der Waals surface area contributed by atoms with Gasteiger partial charge in [-0.1, -0.05) is 23.0 Å². The molecule has 17 heavy (non-hydrogen) atoms. The number of methoxy groups -OCH3 is 1. The van der Waals surface area contributed by atoms with Gasteiger partial charge in [0.15, 0.2) is 0 Å². The van der Waals surface area contributed by atoms with E-state index in [9.17, 15) is 4.79 Å². The molecule has 0 aliphatic carbocycles. The van der Waals surface area contributed by atoms with Gasteiger partial charge in [0.1, 0.15) is 0 Å². The van der Waals surface area contributed by atoms with E-state index in [4.69, 9.17) is 5.53 Å². The summed E-state index contributed by atoms with van der Waals surface area (Å²) in [4.78, 5) is 13.9. The Bertz CT molecular complexity index is 534. The quantitative estimate of drug-likeness (QED) is 0.257. The zero-order valence-corrected chi connectivity index (χ0v) is 9.60. The third-order valence-corrected chi connectivity index (χ3v) is 2.09. The highest BCUT2D eigenvalue weighted by Crippen LogP contribution is 2.10. The second-order valence-electron chi connectivity index (χ2n) is 3.21. The molecule has 1 aromatic rings. The van der Waals surface area contributed by atoms with Crippen LogP contribution < -0.4 is 0 Å². The second kappa shape index (κ2) is 6.21. The second-order valence-corrected chi connectivity index (χ2v) is 3.21. The first-order chi connectivity index (χ1) is 8.19. The van der Waals surface area contributed by atoms with Crippen LogP contribution in [0.2, 0.25) is 0 Å². The van der Waals surface area contributed by atoms with Gasteiger partial charge in [-0.3, -0.25) is 0 Å². The predicted octanol–water partition coefficient (Wildman–Crippen LogP) is 2.44. The molecule has 0 saturated heterocycles. The lowest BCUT2D eigenvalue weighted by atomic mass is 10.1. The first-order valence-corrected chi connectivity index (χ1v) is 4.87. The van der Waals surface area contributed by atoms with E-state index < -0.39 is 5.97 Å². The molecule has 1 aromatic carbocycles. The predicted molar refractivity (Wildman–Crippen MR) is 63.4 cm³/mol. The molecule has 0 amide bonds. The highest BCUT2D eigenvalue weighted by molar-refractivity contribution is 5.89. The molecule has 0 aliphatic heterocycles. The Balaban J connectivity index is 3.00. The molecule has 0 unspecified atom stereocenters. The van der Waals surface area contributed by atoms with Crippen LogP contribution in [0.1, 0.15) is 21.5 Å².